The molecule has 2 aromatic carbocycles. The Labute approximate surface area is 194 Å². The molecule has 8 heteroatoms. The van der Waals surface area contributed by atoms with E-state index in [1.807, 2.05) is 13.0 Å². The second kappa shape index (κ2) is 10.1. The average Bonchev–Trinajstić information content (AvgIpc) is 2.86. The Bertz CT molecular complexity index is 964. The molecule has 33 heavy (non-hydrogen) atoms. The molecule has 0 unspecified atom stereocenters. The summed E-state index contributed by atoms with van der Waals surface area (Å²) in [6.07, 6.45) is 0. The predicted octanol–water partition coefficient (Wildman–Crippen LogP) is 3.95. The summed E-state index contributed by atoms with van der Waals surface area (Å²) < 4.78 is 10.9. The van der Waals surface area contributed by atoms with E-state index in [1.54, 1.807) is 0 Å². The Morgan fingerprint density at radius 2 is 1.15 bits per heavy atom. The van der Waals surface area contributed by atoms with Gasteiger partial charge in [0.05, 0.1) is 26.4 Å². The average molecular weight is 447 g/mol. The second-order valence-electron chi connectivity index (χ2n) is 8.26. The number of nitrogens with one attached hydrogen (secondary N) is 2. The highest BCUT2D eigenvalue weighted by atomic mass is 16.5. The zero-order valence-electron chi connectivity index (χ0n) is 19.0. The Morgan fingerprint density at radius 1 is 0.667 bits per heavy atom. The number of anilines is 6. The van der Waals surface area contributed by atoms with Crippen molar-refractivity contribution in [2.24, 2.45) is 0 Å². The lowest BCUT2D eigenvalue weighted by Crippen LogP contribution is -2.36. The van der Waals surface area contributed by atoms with Crippen molar-refractivity contribution in [3.8, 4) is 0 Å². The molecule has 5 rings (SSSR count). The normalized spacial score (nSPS) is 16.5. The number of hydrogen-bond donors (Lipinski definition) is 2. The van der Waals surface area contributed by atoms with Gasteiger partial charge in [-0.3, -0.25) is 0 Å². The summed E-state index contributed by atoms with van der Waals surface area (Å²) in [6, 6.07) is 18.8. The number of ether oxygens (including phenoxy) is 2. The molecular weight excluding hydrogens is 416 g/mol. The maximum absolute atomic E-state index is 5.44. The molecule has 2 aliphatic heterocycles. The first kappa shape index (κ1) is 21.5. The van der Waals surface area contributed by atoms with Crippen molar-refractivity contribution >= 4 is 34.5 Å². The summed E-state index contributed by atoms with van der Waals surface area (Å²) in [6.45, 7) is 8.82. The quantitative estimate of drug-likeness (QED) is 0.590. The van der Waals surface area contributed by atoms with Gasteiger partial charge in [0.2, 0.25) is 5.95 Å². The van der Waals surface area contributed by atoms with E-state index in [2.05, 4.69) is 78.9 Å². The van der Waals surface area contributed by atoms with Crippen LogP contribution < -0.4 is 20.4 Å². The van der Waals surface area contributed by atoms with Gasteiger partial charge in [0.15, 0.2) is 0 Å². The van der Waals surface area contributed by atoms with E-state index in [9.17, 15) is 0 Å². The zero-order chi connectivity index (χ0) is 22.5. The lowest BCUT2D eigenvalue weighted by molar-refractivity contribution is 0.122. The predicted molar refractivity (Wildman–Crippen MR) is 132 cm³/mol. The first-order valence-corrected chi connectivity index (χ1v) is 11.5. The molecule has 2 fully saturated rings. The molecule has 0 saturated carbocycles. The van der Waals surface area contributed by atoms with E-state index in [-0.39, 0.29) is 0 Å². The van der Waals surface area contributed by atoms with Gasteiger partial charge in [0.1, 0.15) is 5.82 Å². The van der Waals surface area contributed by atoms with Gasteiger partial charge in [0, 0.05) is 60.7 Å². The van der Waals surface area contributed by atoms with Crippen molar-refractivity contribution in [2.75, 3.05) is 73.0 Å². The number of benzene rings is 2. The van der Waals surface area contributed by atoms with Gasteiger partial charge in [-0.2, -0.15) is 4.98 Å². The van der Waals surface area contributed by atoms with Gasteiger partial charge < -0.3 is 29.9 Å². The number of rotatable bonds is 6. The minimum Gasteiger partial charge on any atom is -0.378 e. The van der Waals surface area contributed by atoms with Crippen LogP contribution in [0.25, 0.3) is 0 Å². The fraction of sp³-hybridized carbons (Fsp3) is 0.360. The molecule has 1 aromatic heterocycles. The van der Waals surface area contributed by atoms with Crippen LogP contribution in [0.2, 0.25) is 0 Å². The van der Waals surface area contributed by atoms with Gasteiger partial charge in [-0.15, -0.1) is 0 Å². The number of morpholine rings is 2. The van der Waals surface area contributed by atoms with Crippen LogP contribution in [0.1, 0.15) is 5.69 Å². The molecular formula is C25H30N6O2. The third-order valence-electron chi connectivity index (χ3n) is 5.87. The molecule has 2 N–H and O–H groups in total. The topological polar surface area (TPSA) is 74.8 Å². The van der Waals surface area contributed by atoms with Crippen LogP contribution in [0.15, 0.2) is 54.6 Å². The van der Waals surface area contributed by atoms with E-state index in [1.165, 1.54) is 11.4 Å². The molecule has 8 nitrogen and oxygen atoms in total. The fourth-order valence-corrected chi connectivity index (χ4v) is 4.12. The van der Waals surface area contributed by atoms with Crippen LogP contribution in [0.4, 0.5) is 34.5 Å². The Kier molecular flexibility index (Phi) is 6.55. The summed E-state index contributed by atoms with van der Waals surface area (Å²) in [5.74, 6) is 1.33. The molecule has 0 bridgehead atoms. The van der Waals surface area contributed by atoms with Crippen molar-refractivity contribution in [3.05, 3.63) is 60.3 Å². The third-order valence-corrected chi connectivity index (χ3v) is 5.87. The van der Waals surface area contributed by atoms with Crippen molar-refractivity contribution in [1.82, 2.24) is 9.97 Å². The van der Waals surface area contributed by atoms with Gasteiger partial charge in [-0.05, 0) is 55.5 Å². The van der Waals surface area contributed by atoms with E-state index < -0.39 is 0 Å². The summed E-state index contributed by atoms with van der Waals surface area (Å²) in [5, 5.41) is 6.73. The Morgan fingerprint density at radius 3 is 1.67 bits per heavy atom. The van der Waals surface area contributed by atoms with Gasteiger partial charge in [-0.25, -0.2) is 4.98 Å². The Hall–Kier alpha value is -3.36. The van der Waals surface area contributed by atoms with Crippen LogP contribution in [0.3, 0.4) is 0 Å². The van der Waals surface area contributed by atoms with Crippen LogP contribution in [-0.2, 0) is 9.47 Å². The van der Waals surface area contributed by atoms with Gasteiger partial charge in [0.25, 0.3) is 0 Å². The second-order valence-corrected chi connectivity index (χ2v) is 8.26. The summed E-state index contributed by atoms with van der Waals surface area (Å²) in [5.41, 5.74) is 5.26. The highest BCUT2D eigenvalue weighted by molar-refractivity contribution is 5.64. The number of hydrogen-bond acceptors (Lipinski definition) is 8. The fourth-order valence-electron chi connectivity index (χ4n) is 4.12. The lowest BCUT2D eigenvalue weighted by atomic mass is 10.2. The van der Waals surface area contributed by atoms with E-state index in [0.717, 1.165) is 75.5 Å². The van der Waals surface area contributed by atoms with Crippen LogP contribution in [0, 0.1) is 6.92 Å². The van der Waals surface area contributed by atoms with Crippen molar-refractivity contribution < 1.29 is 9.47 Å². The number of aromatic nitrogens is 2. The maximum Gasteiger partial charge on any atom is 0.229 e. The standard InChI is InChI=1S/C25H30N6O2/c1-19-18-24(27-20-2-6-22(7-3-20)30-10-14-32-15-11-30)29-25(26-19)28-21-4-8-23(9-5-21)31-12-16-33-17-13-31/h2-9,18H,10-17H2,1H3,(H2,26,27,28,29). The van der Waals surface area contributed by atoms with Gasteiger partial charge in [-0.1, -0.05) is 0 Å². The third kappa shape index (κ3) is 5.53. The van der Waals surface area contributed by atoms with Crippen LogP contribution in [0.5, 0.6) is 0 Å². The van der Waals surface area contributed by atoms with Crippen LogP contribution >= 0.6 is 0 Å². The largest absolute Gasteiger partial charge is 0.378 e. The molecule has 3 heterocycles. The molecule has 0 spiro atoms. The van der Waals surface area contributed by atoms with Crippen molar-refractivity contribution in [2.45, 2.75) is 6.92 Å². The summed E-state index contributed by atoms with van der Waals surface area (Å²) >= 11 is 0. The molecule has 0 amide bonds. The molecule has 0 radical (unpaired) electrons. The van der Waals surface area contributed by atoms with Crippen LogP contribution in [-0.4, -0.2) is 62.6 Å². The first-order chi connectivity index (χ1) is 16.2. The highest BCUT2D eigenvalue weighted by Crippen LogP contribution is 2.24. The van der Waals surface area contributed by atoms with Crippen molar-refractivity contribution in [3.63, 3.8) is 0 Å². The number of aryl methyl sites for hydroxylation is 1. The Balaban J connectivity index is 1.24. The van der Waals surface area contributed by atoms with Gasteiger partial charge >= 0.3 is 0 Å². The molecule has 172 valence electrons. The molecule has 0 atom stereocenters. The summed E-state index contributed by atoms with van der Waals surface area (Å²) in [4.78, 5) is 13.9. The molecule has 2 aliphatic rings. The molecule has 3 aromatic rings. The van der Waals surface area contributed by atoms with E-state index in [4.69, 9.17) is 9.47 Å². The first-order valence-electron chi connectivity index (χ1n) is 11.5. The maximum atomic E-state index is 5.44. The van der Waals surface area contributed by atoms with E-state index >= 15 is 0 Å². The minimum atomic E-state index is 0.571. The number of nitrogens with zero attached hydrogens (tertiary/aromatic N) is 4. The monoisotopic (exact) mass is 446 g/mol. The smallest absolute Gasteiger partial charge is 0.229 e. The lowest BCUT2D eigenvalue weighted by Gasteiger charge is -2.29. The highest BCUT2D eigenvalue weighted by Gasteiger charge is 2.12. The minimum absolute atomic E-state index is 0.571. The molecule has 2 saturated heterocycles. The SMILES string of the molecule is Cc1cc(Nc2ccc(N3CCOCC3)cc2)nc(Nc2ccc(N3CCOCC3)cc2)n1. The zero-order valence-corrected chi connectivity index (χ0v) is 19.0. The van der Waals surface area contributed by atoms with Crippen molar-refractivity contribution in [1.29, 1.82) is 0 Å². The molecule has 0 aliphatic carbocycles. The summed E-state index contributed by atoms with van der Waals surface area (Å²) in [7, 11) is 0. The van der Waals surface area contributed by atoms with E-state index in [0.29, 0.717) is 5.95 Å².